The fourth-order valence-electron chi connectivity index (χ4n) is 9.22. The lowest BCUT2D eigenvalue weighted by molar-refractivity contribution is 0.232. The van der Waals surface area contributed by atoms with Gasteiger partial charge < -0.3 is 24.8 Å². The van der Waals surface area contributed by atoms with Crippen LogP contribution >= 0.6 is 11.3 Å². The first-order valence-corrected chi connectivity index (χ1v) is 18.4. The van der Waals surface area contributed by atoms with Gasteiger partial charge in [0.15, 0.2) is 22.9 Å². The van der Waals surface area contributed by atoms with Crippen molar-refractivity contribution in [2.24, 2.45) is 0 Å². The fraction of sp³-hybridized carbons (Fsp3) is 0.543. The Hall–Kier alpha value is -4.48. The van der Waals surface area contributed by atoms with Gasteiger partial charge in [-0.2, -0.15) is 15.5 Å². The van der Waals surface area contributed by atoms with Crippen LogP contribution in [0, 0.1) is 11.3 Å². The van der Waals surface area contributed by atoms with Crippen molar-refractivity contribution in [3.8, 4) is 23.5 Å². The Morgan fingerprint density at radius 3 is 2.82 bits per heavy atom. The number of aromatic nitrogens is 7. The molecule has 13 nitrogen and oxygen atoms in total. The molecule has 5 aromatic heterocycles. The number of rotatable bonds is 4. The molecule has 1 fully saturated rings. The summed E-state index contributed by atoms with van der Waals surface area (Å²) in [7, 11) is 2.20. The number of aromatic amines is 1. The van der Waals surface area contributed by atoms with Crippen LogP contribution in [0.2, 0.25) is 0 Å². The van der Waals surface area contributed by atoms with Gasteiger partial charge in [0.1, 0.15) is 16.9 Å². The highest BCUT2D eigenvalue weighted by molar-refractivity contribution is 7.16. The first-order chi connectivity index (χ1) is 23.9. The summed E-state index contributed by atoms with van der Waals surface area (Å²) in [5.74, 6) is 2.91. The van der Waals surface area contributed by atoms with Crippen LogP contribution in [0.25, 0.3) is 22.6 Å². The lowest BCUT2D eigenvalue weighted by Gasteiger charge is -2.39. The summed E-state index contributed by atoms with van der Waals surface area (Å²) in [6.45, 7) is 6.80. The van der Waals surface area contributed by atoms with Crippen molar-refractivity contribution in [3.05, 3.63) is 45.3 Å². The average Bonchev–Trinajstić information content (AvgIpc) is 3.93. The number of nitriles is 1. The predicted octanol–water partition coefficient (Wildman–Crippen LogP) is 5.68. The molecule has 3 N–H and O–H groups in total. The Morgan fingerprint density at radius 1 is 1.14 bits per heavy atom. The molecule has 9 rings (SSSR count). The third-order valence-corrected chi connectivity index (χ3v) is 12.7. The van der Waals surface area contributed by atoms with Gasteiger partial charge in [-0.25, -0.2) is 19.7 Å². The van der Waals surface area contributed by atoms with Gasteiger partial charge in [-0.1, -0.05) is 5.16 Å². The van der Waals surface area contributed by atoms with Crippen LogP contribution in [0.15, 0.2) is 16.9 Å². The van der Waals surface area contributed by atoms with Gasteiger partial charge in [0.05, 0.1) is 53.0 Å². The molecule has 2 aliphatic carbocycles. The molecule has 0 aromatic carbocycles. The highest BCUT2D eigenvalue weighted by atomic mass is 32.1. The maximum atomic E-state index is 10.2. The van der Waals surface area contributed by atoms with Crippen LogP contribution in [0.5, 0.6) is 5.88 Å². The molecular formula is C35H41N11O2S. The third kappa shape index (κ3) is 4.54. The Balaban J connectivity index is 1.23. The highest BCUT2D eigenvalue weighted by Gasteiger charge is 2.49. The van der Waals surface area contributed by atoms with E-state index in [0.29, 0.717) is 40.6 Å². The summed E-state index contributed by atoms with van der Waals surface area (Å²) in [6.07, 6.45) is 12.4. The molecule has 4 atom stereocenters. The molecule has 14 heteroatoms. The van der Waals surface area contributed by atoms with Crippen molar-refractivity contribution < 1.29 is 9.26 Å². The zero-order valence-electron chi connectivity index (χ0n) is 28.2. The molecule has 2 aliphatic heterocycles. The number of nitrogens with zero attached hydrogens (tertiary/aromatic N) is 9. The summed E-state index contributed by atoms with van der Waals surface area (Å²) in [5, 5.41) is 28.8. The second-order valence-electron chi connectivity index (χ2n) is 14.2. The summed E-state index contributed by atoms with van der Waals surface area (Å²) in [4.78, 5) is 16.6. The maximum absolute atomic E-state index is 10.2. The van der Waals surface area contributed by atoms with E-state index in [0.717, 1.165) is 104 Å². The molecular weight excluding hydrogens is 639 g/mol. The number of ether oxygens (including phenoxy) is 1. The second kappa shape index (κ2) is 11.6. The number of aryl methyl sites for hydroxylation is 1. The fourth-order valence-corrected chi connectivity index (χ4v) is 10.4. The number of hydrogen-bond acceptors (Lipinski definition) is 12. The number of nitrogen functional groups attached to an aromatic ring is 1. The molecule has 0 amide bonds. The number of nitrogens with one attached hydrogen (secondary N) is 1. The van der Waals surface area contributed by atoms with E-state index in [4.69, 9.17) is 35.2 Å². The number of anilines is 2. The average molecular weight is 680 g/mol. The molecule has 49 heavy (non-hydrogen) atoms. The van der Waals surface area contributed by atoms with Gasteiger partial charge in [0.2, 0.25) is 5.88 Å². The molecule has 4 aliphatic rings. The minimum Gasteiger partial charge on any atom is -0.478 e. The van der Waals surface area contributed by atoms with Crippen molar-refractivity contribution in [1.29, 1.82) is 5.26 Å². The third-order valence-electron chi connectivity index (χ3n) is 11.6. The zero-order chi connectivity index (χ0) is 33.4. The molecule has 7 heterocycles. The van der Waals surface area contributed by atoms with Crippen LogP contribution in [0.4, 0.5) is 10.8 Å². The zero-order valence-corrected chi connectivity index (χ0v) is 29.0. The normalized spacial score (nSPS) is 24.6. The number of nitrogens with two attached hydrogens (primary N) is 1. The summed E-state index contributed by atoms with van der Waals surface area (Å²) in [5.41, 5.74) is 11.2. The first-order valence-electron chi connectivity index (χ1n) is 17.6. The molecule has 0 radical (unpaired) electrons. The summed E-state index contributed by atoms with van der Waals surface area (Å²) in [6, 6.07) is 2.85. The van der Waals surface area contributed by atoms with Crippen molar-refractivity contribution in [1.82, 2.24) is 40.0 Å². The standard InChI is InChI=1S/C35H41N11O2S/c1-19-23-17-38-42-34(23)47-15-7-14-45(19)32-24-18-39-46(20(2)25-9-6-13-44(25)3)33(24)41-31(40-32)28-21-8-4-11-35(29(21)48-43-28)12-5-10-26-27(35)22(16-36)30(37)49-26/h17-20,25H,4-15,37H2,1-3H3,(H,38,42)/t19-,20-,25-,35-/m0/s1. The number of fused-ring (bicyclic) bond motifs is 6. The smallest absolute Gasteiger partial charge is 0.214 e. The number of likely N-dealkylation sites (tertiary alicyclic amines) is 1. The van der Waals surface area contributed by atoms with E-state index in [2.05, 4.69) is 51.6 Å². The number of H-pyrrole nitrogens is 1. The van der Waals surface area contributed by atoms with E-state index in [9.17, 15) is 5.26 Å². The van der Waals surface area contributed by atoms with Crippen LogP contribution in [0.3, 0.4) is 0 Å². The van der Waals surface area contributed by atoms with Crippen LogP contribution in [0.1, 0.15) is 104 Å². The second-order valence-corrected chi connectivity index (χ2v) is 15.4. The van der Waals surface area contributed by atoms with Crippen molar-refractivity contribution in [2.75, 3.05) is 37.4 Å². The quantitative estimate of drug-likeness (QED) is 0.240. The molecule has 1 saturated heterocycles. The SMILES string of the molecule is C[C@H]1c2cn[nH]c2OCCCN1c1nc(-c2noc3c2CCC[C@@]32CCCc3sc(N)c(C#N)c32)nc2c1cnn2[C@@H](C)[C@@H]1CCCN1C. The number of likely N-dealkylation sites (N-methyl/N-ethyl adjacent to an activating group) is 1. The number of hydrogen-bond donors (Lipinski definition) is 2. The molecule has 0 saturated carbocycles. The summed E-state index contributed by atoms with van der Waals surface area (Å²) < 4.78 is 14.5. The monoisotopic (exact) mass is 679 g/mol. The summed E-state index contributed by atoms with van der Waals surface area (Å²) >= 11 is 1.56. The lowest BCUT2D eigenvalue weighted by Crippen LogP contribution is -2.35. The molecule has 1 spiro atoms. The molecule has 254 valence electrons. The molecule has 0 unspecified atom stereocenters. The molecule has 5 aromatic rings. The van der Waals surface area contributed by atoms with Gasteiger partial charge in [-0.3, -0.25) is 0 Å². The van der Waals surface area contributed by atoms with Crippen LogP contribution in [-0.4, -0.2) is 72.8 Å². The first kappa shape index (κ1) is 30.6. The van der Waals surface area contributed by atoms with E-state index >= 15 is 0 Å². The topological polar surface area (TPSA) is 164 Å². The van der Waals surface area contributed by atoms with E-state index in [1.165, 1.54) is 11.3 Å². The highest BCUT2D eigenvalue weighted by Crippen LogP contribution is 2.55. The lowest BCUT2D eigenvalue weighted by atomic mass is 9.63. The minimum absolute atomic E-state index is 0.0645. The molecule has 0 bridgehead atoms. The Morgan fingerprint density at radius 2 is 2.00 bits per heavy atom. The largest absolute Gasteiger partial charge is 0.478 e. The number of thiophene rings is 1. The van der Waals surface area contributed by atoms with Crippen molar-refractivity contribution in [3.63, 3.8) is 0 Å². The van der Waals surface area contributed by atoms with Gasteiger partial charge in [0.25, 0.3) is 0 Å². The van der Waals surface area contributed by atoms with Gasteiger partial charge in [-0.15, -0.1) is 11.3 Å². The Labute approximate surface area is 288 Å². The van der Waals surface area contributed by atoms with Gasteiger partial charge >= 0.3 is 0 Å². The Kier molecular flexibility index (Phi) is 7.21. The van der Waals surface area contributed by atoms with Crippen LogP contribution in [-0.2, 0) is 18.3 Å². The van der Waals surface area contributed by atoms with Crippen molar-refractivity contribution >= 4 is 33.2 Å². The van der Waals surface area contributed by atoms with E-state index in [-0.39, 0.29) is 12.1 Å². The Bertz CT molecular complexity index is 2100. The van der Waals surface area contributed by atoms with E-state index in [1.54, 1.807) is 11.3 Å². The van der Waals surface area contributed by atoms with Crippen LogP contribution < -0.4 is 15.4 Å². The van der Waals surface area contributed by atoms with E-state index in [1.807, 2.05) is 12.4 Å². The van der Waals surface area contributed by atoms with Gasteiger partial charge in [0, 0.05) is 23.0 Å². The van der Waals surface area contributed by atoms with Crippen molar-refractivity contribution in [2.45, 2.75) is 95.2 Å². The van der Waals surface area contributed by atoms with Gasteiger partial charge in [-0.05, 0) is 90.8 Å². The minimum atomic E-state index is -0.420. The van der Waals surface area contributed by atoms with E-state index < -0.39 is 5.41 Å². The predicted molar refractivity (Wildman–Crippen MR) is 186 cm³/mol. The maximum Gasteiger partial charge on any atom is 0.214 e.